The minimum Gasteiger partial charge on any atom is -0.480 e. The first kappa shape index (κ1) is 13.1. The Hall–Kier alpha value is -2.30. The third-order valence-corrected chi connectivity index (χ3v) is 2.98. The largest absolute Gasteiger partial charge is 0.480 e. The van der Waals surface area contributed by atoms with Crippen LogP contribution >= 0.6 is 0 Å². The maximum Gasteiger partial charge on any atom is 0.326 e. The number of aryl methyl sites for hydroxylation is 1. The van der Waals surface area contributed by atoms with Crippen LogP contribution in [0.4, 0.5) is 0 Å². The zero-order valence-corrected chi connectivity index (χ0v) is 10.8. The van der Waals surface area contributed by atoms with Crippen LogP contribution in [0.3, 0.4) is 0 Å². The third kappa shape index (κ3) is 2.59. The van der Waals surface area contributed by atoms with Crippen molar-refractivity contribution >= 4 is 22.8 Å². The van der Waals surface area contributed by atoms with Crippen molar-refractivity contribution in [3.63, 3.8) is 0 Å². The maximum absolute atomic E-state index is 11.9. The summed E-state index contributed by atoms with van der Waals surface area (Å²) in [7, 11) is 0. The van der Waals surface area contributed by atoms with Crippen LogP contribution in [0.5, 0.6) is 0 Å². The summed E-state index contributed by atoms with van der Waals surface area (Å²) in [5.74, 6) is -1.43. The molecule has 0 bridgehead atoms. The van der Waals surface area contributed by atoms with E-state index in [1.165, 1.54) is 0 Å². The number of para-hydroxylation sites is 1. The van der Waals surface area contributed by atoms with Crippen LogP contribution < -0.4 is 5.32 Å². The number of fused-ring (bicyclic) bond motifs is 1. The van der Waals surface area contributed by atoms with Gasteiger partial charge in [-0.3, -0.25) is 4.79 Å². The van der Waals surface area contributed by atoms with Crippen molar-refractivity contribution in [1.82, 2.24) is 5.32 Å². The lowest BCUT2D eigenvalue weighted by Crippen LogP contribution is -2.40. The molecule has 100 valence electrons. The topological polar surface area (TPSA) is 79.5 Å². The number of aliphatic carboxylic acids is 1. The van der Waals surface area contributed by atoms with Crippen molar-refractivity contribution in [3.05, 3.63) is 35.6 Å². The number of amides is 1. The fourth-order valence-corrected chi connectivity index (χ4v) is 1.89. The molecule has 0 aliphatic heterocycles. The summed E-state index contributed by atoms with van der Waals surface area (Å²) in [4.78, 5) is 22.8. The molecule has 19 heavy (non-hydrogen) atoms. The molecule has 1 aromatic heterocycles. The van der Waals surface area contributed by atoms with E-state index in [1.807, 2.05) is 25.1 Å². The van der Waals surface area contributed by atoms with Crippen molar-refractivity contribution in [1.29, 1.82) is 0 Å². The number of benzene rings is 1. The molecule has 0 saturated carbocycles. The summed E-state index contributed by atoms with van der Waals surface area (Å²) in [5, 5.41) is 12.2. The second-order valence-electron chi connectivity index (χ2n) is 4.38. The molecule has 0 fully saturated rings. The van der Waals surface area contributed by atoms with Crippen LogP contribution in [0.2, 0.25) is 0 Å². The molecular formula is C14H15NO4. The molecule has 1 aromatic carbocycles. The minimum atomic E-state index is -1.05. The first-order chi connectivity index (χ1) is 9.02. The van der Waals surface area contributed by atoms with Crippen LogP contribution in [0.1, 0.15) is 29.5 Å². The number of rotatable bonds is 4. The van der Waals surface area contributed by atoms with Crippen molar-refractivity contribution < 1.29 is 19.1 Å². The Morgan fingerprint density at radius 2 is 2.16 bits per heavy atom. The Morgan fingerprint density at radius 1 is 1.42 bits per heavy atom. The highest BCUT2D eigenvalue weighted by molar-refractivity contribution is 5.98. The van der Waals surface area contributed by atoms with E-state index in [-0.39, 0.29) is 5.76 Å². The van der Waals surface area contributed by atoms with Crippen LogP contribution in [-0.2, 0) is 4.79 Å². The van der Waals surface area contributed by atoms with Crippen LogP contribution in [0.25, 0.3) is 11.0 Å². The monoisotopic (exact) mass is 261 g/mol. The van der Waals surface area contributed by atoms with Gasteiger partial charge < -0.3 is 14.8 Å². The number of furan rings is 1. The Balaban J connectivity index is 2.27. The molecule has 0 radical (unpaired) electrons. The van der Waals surface area contributed by atoms with Gasteiger partial charge in [-0.15, -0.1) is 0 Å². The fourth-order valence-electron chi connectivity index (χ4n) is 1.89. The summed E-state index contributed by atoms with van der Waals surface area (Å²) in [6.45, 7) is 3.58. The summed E-state index contributed by atoms with van der Waals surface area (Å²) in [6.07, 6.45) is 0.320. The van der Waals surface area contributed by atoms with Gasteiger partial charge in [-0.2, -0.15) is 0 Å². The van der Waals surface area contributed by atoms with Gasteiger partial charge in [0.05, 0.1) is 0 Å². The first-order valence-corrected chi connectivity index (χ1v) is 6.05. The van der Waals surface area contributed by atoms with Gasteiger partial charge in [0.15, 0.2) is 5.76 Å². The van der Waals surface area contributed by atoms with E-state index in [0.717, 1.165) is 10.9 Å². The number of hydrogen-bond acceptors (Lipinski definition) is 3. The normalized spacial score (nSPS) is 12.3. The molecule has 2 rings (SSSR count). The molecule has 1 unspecified atom stereocenters. The zero-order chi connectivity index (χ0) is 14.0. The van der Waals surface area contributed by atoms with Crippen molar-refractivity contribution in [2.75, 3.05) is 0 Å². The van der Waals surface area contributed by atoms with E-state index in [9.17, 15) is 9.59 Å². The molecule has 1 heterocycles. The van der Waals surface area contributed by atoms with Crippen molar-refractivity contribution in [3.8, 4) is 0 Å². The Bertz CT molecular complexity index is 629. The molecule has 0 spiro atoms. The van der Waals surface area contributed by atoms with E-state index >= 15 is 0 Å². The third-order valence-electron chi connectivity index (χ3n) is 2.98. The molecule has 0 saturated heterocycles. The van der Waals surface area contributed by atoms with Gasteiger partial charge in [0.1, 0.15) is 11.6 Å². The standard InChI is InChI=1S/C14H15NO4/c1-3-10(14(17)18)15-13(16)11-7-9-6-4-5-8(2)12(9)19-11/h4-7,10H,3H2,1-2H3,(H,15,16)(H,17,18). The summed E-state index contributed by atoms with van der Waals surface area (Å²) in [5.41, 5.74) is 1.58. The fraction of sp³-hybridized carbons (Fsp3) is 0.286. The second kappa shape index (κ2) is 5.14. The molecule has 0 aliphatic carbocycles. The van der Waals surface area contributed by atoms with Crippen LogP contribution in [-0.4, -0.2) is 23.0 Å². The van der Waals surface area contributed by atoms with Crippen LogP contribution in [0.15, 0.2) is 28.7 Å². The number of carboxylic acid groups (broad SMARTS) is 1. The van der Waals surface area contributed by atoms with Gasteiger partial charge in [-0.25, -0.2) is 4.79 Å². The molecule has 1 atom stereocenters. The lowest BCUT2D eigenvalue weighted by atomic mass is 10.2. The molecule has 2 N–H and O–H groups in total. The number of carboxylic acids is 1. The summed E-state index contributed by atoms with van der Waals surface area (Å²) in [6, 6.07) is 6.33. The van der Waals surface area contributed by atoms with E-state index in [1.54, 1.807) is 13.0 Å². The van der Waals surface area contributed by atoms with E-state index in [0.29, 0.717) is 12.0 Å². The SMILES string of the molecule is CCC(NC(=O)c1cc2cccc(C)c2o1)C(=O)O. The number of hydrogen-bond donors (Lipinski definition) is 2. The number of nitrogens with one attached hydrogen (secondary N) is 1. The van der Waals surface area contributed by atoms with E-state index in [4.69, 9.17) is 9.52 Å². The van der Waals surface area contributed by atoms with Gasteiger partial charge in [0.2, 0.25) is 0 Å². The van der Waals surface area contributed by atoms with Crippen LogP contribution in [0, 0.1) is 6.92 Å². The Labute approximate surface area is 110 Å². The molecule has 2 aromatic rings. The average molecular weight is 261 g/mol. The first-order valence-electron chi connectivity index (χ1n) is 6.05. The molecule has 0 aliphatic rings. The highest BCUT2D eigenvalue weighted by Crippen LogP contribution is 2.22. The predicted molar refractivity (Wildman–Crippen MR) is 70.1 cm³/mol. The lowest BCUT2D eigenvalue weighted by Gasteiger charge is -2.10. The predicted octanol–water partition coefficient (Wildman–Crippen LogP) is 2.33. The Kier molecular flexibility index (Phi) is 3.55. The van der Waals surface area contributed by atoms with Gasteiger partial charge in [0.25, 0.3) is 5.91 Å². The highest BCUT2D eigenvalue weighted by atomic mass is 16.4. The molecule has 1 amide bonds. The second-order valence-corrected chi connectivity index (χ2v) is 4.38. The smallest absolute Gasteiger partial charge is 0.326 e. The molecule has 5 heteroatoms. The number of carbonyl (C=O) groups excluding carboxylic acids is 1. The summed E-state index contributed by atoms with van der Waals surface area (Å²) < 4.78 is 5.48. The lowest BCUT2D eigenvalue weighted by molar-refractivity contribution is -0.139. The maximum atomic E-state index is 11.9. The number of carbonyl (C=O) groups is 2. The van der Waals surface area contributed by atoms with Gasteiger partial charge in [0, 0.05) is 5.39 Å². The van der Waals surface area contributed by atoms with Gasteiger partial charge in [-0.05, 0) is 25.0 Å². The zero-order valence-electron chi connectivity index (χ0n) is 10.8. The molecule has 5 nitrogen and oxygen atoms in total. The van der Waals surface area contributed by atoms with Gasteiger partial charge >= 0.3 is 5.97 Å². The quantitative estimate of drug-likeness (QED) is 0.885. The van der Waals surface area contributed by atoms with Gasteiger partial charge in [-0.1, -0.05) is 25.1 Å². The van der Waals surface area contributed by atoms with Crippen molar-refractivity contribution in [2.24, 2.45) is 0 Å². The minimum absolute atomic E-state index is 0.129. The molecular weight excluding hydrogens is 246 g/mol. The van der Waals surface area contributed by atoms with E-state index < -0.39 is 17.9 Å². The van der Waals surface area contributed by atoms with E-state index in [2.05, 4.69) is 5.32 Å². The van der Waals surface area contributed by atoms with Crippen molar-refractivity contribution in [2.45, 2.75) is 26.3 Å². The highest BCUT2D eigenvalue weighted by Gasteiger charge is 2.21. The Morgan fingerprint density at radius 3 is 2.74 bits per heavy atom. The average Bonchev–Trinajstić information content (AvgIpc) is 2.80. The summed E-state index contributed by atoms with van der Waals surface area (Å²) >= 11 is 0.